The van der Waals surface area contributed by atoms with E-state index < -0.39 is 0 Å². The van der Waals surface area contributed by atoms with Crippen LogP contribution in [0.4, 0.5) is 5.82 Å². The number of hydrogen-bond donors (Lipinski definition) is 1. The molecule has 0 atom stereocenters. The van der Waals surface area contributed by atoms with E-state index in [1.165, 1.54) is 0 Å². The zero-order valence-electron chi connectivity index (χ0n) is 14.6. The van der Waals surface area contributed by atoms with E-state index in [2.05, 4.69) is 22.4 Å². The van der Waals surface area contributed by atoms with Crippen LogP contribution in [-0.4, -0.2) is 42.0 Å². The molecule has 1 amide bonds. The highest BCUT2D eigenvalue weighted by Gasteiger charge is 2.25. The van der Waals surface area contributed by atoms with Crippen LogP contribution in [-0.2, 0) is 0 Å². The van der Waals surface area contributed by atoms with Crippen molar-refractivity contribution in [3.8, 4) is 5.75 Å². The summed E-state index contributed by atoms with van der Waals surface area (Å²) in [6.07, 6.45) is 3.56. The van der Waals surface area contributed by atoms with E-state index in [1.807, 2.05) is 35.2 Å². The molecule has 1 aliphatic rings. The minimum absolute atomic E-state index is 0.143. The molecule has 0 aliphatic carbocycles. The number of methoxy groups -OCH3 is 1. The van der Waals surface area contributed by atoms with Crippen LogP contribution in [0.5, 0.6) is 5.75 Å². The summed E-state index contributed by atoms with van der Waals surface area (Å²) >= 11 is 1.58. The highest BCUT2D eigenvalue weighted by Crippen LogP contribution is 2.27. The van der Waals surface area contributed by atoms with Gasteiger partial charge in [0.15, 0.2) is 0 Å². The molecule has 0 bridgehead atoms. The number of amides is 1. The van der Waals surface area contributed by atoms with Gasteiger partial charge in [0, 0.05) is 36.1 Å². The molecule has 1 aliphatic heterocycles. The third-order valence-electron chi connectivity index (χ3n) is 4.74. The molecular weight excluding hydrogens is 346 g/mol. The molecule has 1 saturated heterocycles. The van der Waals surface area contributed by atoms with Gasteiger partial charge < -0.3 is 15.0 Å². The summed E-state index contributed by atoms with van der Waals surface area (Å²) in [7, 11) is 1.65. The summed E-state index contributed by atoms with van der Waals surface area (Å²) in [5.74, 6) is 1.75. The van der Waals surface area contributed by atoms with Gasteiger partial charge in [-0.2, -0.15) is 0 Å². The average molecular weight is 367 g/mol. The largest absolute Gasteiger partial charge is 0.497 e. The number of carbonyl (C=O) groups excluding carboxylic acids is 1. The fourth-order valence-corrected chi connectivity index (χ4v) is 4.33. The first-order valence-corrected chi connectivity index (χ1v) is 9.59. The second-order valence-electron chi connectivity index (χ2n) is 6.44. The first kappa shape index (κ1) is 16.8. The third-order valence-corrected chi connectivity index (χ3v) is 5.84. The number of likely N-dealkylation sites (tertiary alicyclic amines) is 1. The molecule has 3 heterocycles. The first-order chi connectivity index (χ1) is 12.7. The van der Waals surface area contributed by atoms with Crippen molar-refractivity contribution >= 4 is 33.1 Å². The Hall–Kier alpha value is -2.60. The van der Waals surface area contributed by atoms with Crippen molar-refractivity contribution in [3.63, 3.8) is 0 Å². The maximum Gasteiger partial charge on any atom is 0.263 e. The van der Waals surface area contributed by atoms with E-state index in [1.54, 1.807) is 24.6 Å². The second-order valence-corrected chi connectivity index (χ2v) is 7.52. The highest BCUT2D eigenvalue weighted by atomic mass is 32.1. The van der Waals surface area contributed by atoms with Crippen molar-refractivity contribution in [2.24, 2.45) is 0 Å². The first-order valence-electron chi connectivity index (χ1n) is 8.77. The van der Waals surface area contributed by atoms with Crippen LogP contribution >= 0.6 is 11.3 Å². The minimum Gasteiger partial charge on any atom is -0.497 e. The minimum atomic E-state index is 0.143. The van der Waals surface area contributed by atoms with E-state index in [9.17, 15) is 4.79 Å². The Bertz CT molecular complexity index is 883. The van der Waals surface area contributed by atoms with Crippen LogP contribution in [0, 0.1) is 0 Å². The van der Waals surface area contributed by atoms with Crippen molar-refractivity contribution in [3.05, 3.63) is 53.5 Å². The molecular formula is C20H21N3O2S. The molecule has 26 heavy (non-hydrogen) atoms. The zero-order valence-corrected chi connectivity index (χ0v) is 15.5. The average Bonchev–Trinajstić information content (AvgIpc) is 3.12. The number of pyridine rings is 1. The molecule has 0 spiro atoms. The Morgan fingerprint density at radius 1 is 1.23 bits per heavy atom. The quantitative estimate of drug-likeness (QED) is 0.757. The third kappa shape index (κ3) is 3.51. The van der Waals surface area contributed by atoms with Crippen LogP contribution in [0.3, 0.4) is 0 Å². The number of rotatable bonds is 4. The van der Waals surface area contributed by atoms with Crippen LogP contribution in [0.25, 0.3) is 10.1 Å². The van der Waals surface area contributed by atoms with Crippen LogP contribution < -0.4 is 10.1 Å². The fraction of sp³-hybridized carbons (Fsp3) is 0.300. The van der Waals surface area contributed by atoms with E-state index in [4.69, 9.17) is 4.74 Å². The van der Waals surface area contributed by atoms with E-state index >= 15 is 0 Å². The summed E-state index contributed by atoms with van der Waals surface area (Å²) in [4.78, 5) is 19.9. The lowest BCUT2D eigenvalue weighted by Gasteiger charge is -2.32. The van der Waals surface area contributed by atoms with Gasteiger partial charge >= 0.3 is 0 Å². The van der Waals surface area contributed by atoms with Crippen LogP contribution in [0.1, 0.15) is 22.5 Å². The Morgan fingerprint density at radius 2 is 2.04 bits per heavy atom. The normalized spacial score (nSPS) is 15.2. The SMILES string of the molecule is COc1ccnc(NC2CCN(C(=O)c3cc4ccccc4s3)CC2)c1. The van der Waals surface area contributed by atoms with Gasteiger partial charge in [-0.15, -0.1) is 11.3 Å². The van der Waals surface area contributed by atoms with Gasteiger partial charge in [0.05, 0.1) is 12.0 Å². The number of ether oxygens (including phenoxy) is 1. The van der Waals surface area contributed by atoms with E-state index in [0.29, 0.717) is 6.04 Å². The summed E-state index contributed by atoms with van der Waals surface area (Å²) in [6.45, 7) is 1.52. The number of nitrogens with one attached hydrogen (secondary N) is 1. The van der Waals surface area contributed by atoms with Crippen LogP contribution in [0.2, 0.25) is 0 Å². The number of benzene rings is 1. The predicted octanol–water partition coefficient (Wildman–Crippen LogP) is 4.02. The van der Waals surface area contributed by atoms with Gasteiger partial charge in [0.2, 0.25) is 0 Å². The van der Waals surface area contributed by atoms with Gasteiger partial charge in [0.25, 0.3) is 5.91 Å². The topological polar surface area (TPSA) is 54.5 Å². The molecule has 3 aromatic rings. The maximum absolute atomic E-state index is 12.8. The number of nitrogens with zero attached hydrogens (tertiary/aromatic N) is 2. The van der Waals surface area contributed by atoms with Gasteiger partial charge in [-0.25, -0.2) is 4.98 Å². The number of anilines is 1. The Labute approximate surface area is 156 Å². The summed E-state index contributed by atoms with van der Waals surface area (Å²) in [6, 6.07) is 14.2. The number of aromatic nitrogens is 1. The van der Waals surface area contributed by atoms with E-state index in [-0.39, 0.29) is 5.91 Å². The Balaban J connectivity index is 1.37. The molecule has 5 nitrogen and oxygen atoms in total. The van der Waals surface area contributed by atoms with Crippen molar-refractivity contribution in [2.45, 2.75) is 18.9 Å². The zero-order chi connectivity index (χ0) is 17.9. The molecule has 1 aromatic carbocycles. The lowest BCUT2D eigenvalue weighted by molar-refractivity contribution is 0.0723. The monoisotopic (exact) mass is 367 g/mol. The molecule has 2 aromatic heterocycles. The lowest BCUT2D eigenvalue weighted by atomic mass is 10.0. The number of carbonyl (C=O) groups is 1. The molecule has 6 heteroatoms. The molecule has 1 N–H and O–H groups in total. The lowest BCUT2D eigenvalue weighted by Crippen LogP contribution is -2.42. The summed E-state index contributed by atoms with van der Waals surface area (Å²) in [5.41, 5.74) is 0. The van der Waals surface area contributed by atoms with Gasteiger partial charge in [-0.05, 0) is 36.4 Å². The standard InChI is InChI=1S/C20H21N3O2S/c1-25-16-6-9-21-19(13-16)22-15-7-10-23(11-8-15)20(24)18-12-14-4-2-3-5-17(14)26-18/h2-6,9,12-13,15H,7-8,10-11H2,1H3,(H,21,22). The Kier molecular flexibility index (Phi) is 4.75. The highest BCUT2D eigenvalue weighted by molar-refractivity contribution is 7.20. The van der Waals surface area contributed by atoms with Crippen LogP contribution in [0.15, 0.2) is 48.7 Å². The summed E-state index contributed by atoms with van der Waals surface area (Å²) in [5, 5.41) is 4.59. The maximum atomic E-state index is 12.8. The molecule has 4 rings (SSSR count). The van der Waals surface area contributed by atoms with Crippen molar-refractivity contribution < 1.29 is 9.53 Å². The van der Waals surface area contributed by atoms with E-state index in [0.717, 1.165) is 52.5 Å². The van der Waals surface area contributed by atoms with Gasteiger partial charge in [-0.1, -0.05) is 18.2 Å². The molecule has 0 saturated carbocycles. The molecule has 1 fully saturated rings. The van der Waals surface area contributed by atoms with Crippen molar-refractivity contribution in [1.29, 1.82) is 0 Å². The molecule has 134 valence electrons. The summed E-state index contributed by atoms with van der Waals surface area (Å²) < 4.78 is 6.40. The fourth-order valence-electron chi connectivity index (χ4n) is 3.30. The second kappa shape index (κ2) is 7.33. The molecule has 0 radical (unpaired) electrons. The predicted molar refractivity (Wildman–Crippen MR) is 105 cm³/mol. The van der Waals surface area contributed by atoms with Gasteiger partial charge in [-0.3, -0.25) is 4.79 Å². The van der Waals surface area contributed by atoms with Gasteiger partial charge in [0.1, 0.15) is 11.6 Å². The van der Waals surface area contributed by atoms with Crippen molar-refractivity contribution in [2.75, 3.05) is 25.5 Å². The number of hydrogen-bond acceptors (Lipinski definition) is 5. The smallest absolute Gasteiger partial charge is 0.263 e. The number of piperidine rings is 1. The van der Waals surface area contributed by atoms with Crippen molar-refractivity contribution in [1.82, 2.24) is 9.88 Å². The number of fused-ring (bicyclic) bond motifs is 1. The number of thiophene rings is 1. The Morgan fingerprint density at radius 3 is 2.81 bits per heavy atom. The molecule has 0 unspecified atom stereocenters.